The smallest absolute Gasteiger partial charge is 0.167 e. The summed E-state index contributed by atoms with van der Waals surface area (Å²) < 4.78 is 25.1. The Bertz CT molecular complexity index is 947. The minimum absolute atomic E-state index is 0.0303. The lowest BCUT2D eigenvalue weighted by Gasteiger charge is -2.35. The maximum absolute atomic E-state index is 14.0. The predicted octanol–water partition coefficient (Wildman–Crippen LogP) is 3.66. The molecule has 1 aromatic heterocycles. The summed E-state index contributed by atoms with van der Waals surface area (Å²) in [5.74, 6) is 0.539. The zero-order valence-electron chi connectivity index (χ0n) is 14.8. The Balaban J connectivity index is 1.72. The maximum Gasteiger partial charge on any atom is 0.167 e. The number of anilines is 1. The Morgan fingerprint density at radius 2 is 2.08 bits per heavy atom. The minimum atomic E-state index is -0.426. The number of halogens is 1. The van der Waals surface area contributed by atoms with Crippen molar-refractivity contribution in [3.8, 4) is 5.75 Å². The van der Waals surface area contributed by atoms with Gasteiger partial charge in [-0.1, -0.05) is 24.3 Å². The maximum atomic E-state index is 14.0. The van der Waals surface area contributed by atoms with Crippen LogP contribution in [0.25, 0.3) is 10.9 Å². The molecule has 0 amide bonds. The van der Waals surface area contributed by atoms with E-state index in [4.69, 9.17) is 9.47 Å². The number of rotatable bonds is 3. The molecule has 0 bridgehead atoms. The van der Waals surface area contributed by atoms with Crippen LogP contribution in [-0.4, -0.2) is 36.8 Å². The fourth-order valence-corrected chi connectivity index (χ4v) is 3.43. The summed E-state index contributed by atoms with van der Waals surface area (Å²) in [7, 11) is 1.46. The monoisotopic (exact) mass is 353 g/mol. The van der Waals surface area contributed by atoms with Crippen molar-refractivity contribution >= 4 is 16.7 Å². The number of hydrogen-bond donors (Lipinski definition) is 0. The molecular formula is C20H20FN3O2. The summed E-state index contributed by atoms with van der Waals surface area (Å²) in [5.41, 5.74) is 2.95. The van der Waals surface area contributed by atoms with Crippen LogP contribution in [0.4, 0.5) is 10.2 Å². The lowest BCUT2D eigenvalue weighted by atomic mass is 10.0. The van der Waals surface area contributed by atoms with Crippen LogP contribution in [0.15, 0.2) is 42.7 Å². The standard InChI is InChI=1S/C20H20FN3O2/c1-13-5-3-4-6-14(13)19-11-24(7-8-26-19)20-15-9-18(25-2)16(21)10-17(15)22-12-23-20/h3-6,9-10,12,19H,7-8,11H2,1-2H3. The van der Waals surface area contributed by atoms with Crippen molar-refractivity contribution in [3.05, 3.63) is 59.7 Å². The molecule has 4 rings (SSSR count). The Morgan fingerprint density at radius 3 is 2.88 bits per heavy atom. The number of nitrogens with zero attached hydrogens (tertiary/aromatic N) is 3. The summed E-state index contributed by atoms with van der Waals surface area (Å²) in [4.78, 5) is 10.8. The molecule has 2 aromatic carbocycles. The lowest BCUT2D eigenvalue weighted by molar-refractivity contribution is 0.0392. The molecule has 0 N–H and O–H groups in total. The Hall–Kier alpha value is -2.73. The van der Waals surface area contributed by atoms with Gasteiger partial charge in [0.05, 0.1) is 19.2 Å². The van der Waals surface area contributed by atoms with Crippen molar-refractivity contribution in [2.75, 3.05) is 31.7 Å². The number of fused-ring (bicyclic) bond motifs is 1. The molecule has 26 heavy (non-hydrogen) atoms. The molecule has 1 atom stereocenters. The molecule has 1 aliphatic rings. The van der Waals surface area contributed by atoms with Crippen LogP contribution in [-0.2, 0) is 4.74 Å². The first kappa shape index (κ1) is 16.7. The number of hydrogen-bond acceptors (Lipinski definition) is 5. The van der Waals surface area contributed by atoms with E-state index in [0.29, 0.717) is 25.2 Å². The summed E-state index contributed by atoms with van der Waals surface area (Å²) in [5, 5.41) is 0.774. The summed E-state index contributed by atoms with van der Waals surface area (Å²) in [6, 6.07) is 11.3. The molecule has 1 aliphatic heterocycles. The highest BCUT2D eigenvalue weighted by Crippen LogP contribution is 2.32. The van der Waals surface area contributed by atoms with Gasteiger partial charge in [-0.25, -0.2) is 14.4 Å². The Morgan fingerprint density at radius 1 is 1.23 bits per heavy atom. The largest absolute Gasteiger partial charge is 0.494 e. The van der Waals surface area contributed by atoms with E-state index >= 15 is 0 Å². The summed E-state index contributed by atoms with van der Waals surface area (Å²) >= 11 is 0. The van der Waals surface area contributed by atoms with Gasteiger partial charge in [-0.05, 0) is 24.1 Å². The molecule has 0 radical (unpaired) electrons. The van der Waals surface area contributed by atoms with Crippen LogP contribution in [0.5, 0.6) is 5.75 Å². The third kappa shape index (κ3) is 2.97. The van der Waals surface area contributed by atoms with Gasteiger partial charge in [-0.3, -0.25) is 0 Å². The van der Waals surface area contributed by atoms with Crippen molar-refractivity contribution in [2.45, 2.75) is 13.0 Å². The highest BCUT2D eigenvalue weighted by molar-refractivity contribution is 5.90. The first-order valence-electron chi connectivity index (χ1n) is 8.57. The third-order valence-electron chi connectivity index (χ3n) is 4.79. The van der Waals surface area contributed by atoms with Crippen molar-refractivity contribution in [1.29, 1.82) is 0 Å². The van der Waals surface area contributed by atoms with E-state index in [-0.39, 0.29) is 11.9 Å². The third-order valence-corrected chi connectivity index (χ3v) is 4.79. The van der Waals surface area contributed by atoms with Crippen molar-refractivity contribution in [3.63, 3.8) is 0 Å². The van der Waals surface area contributed by atoms with Crippen LogP contribution >= 0.6 is 0 Å². The molecule has 134 valence electrons. The van der Waals surface area contributed by atoms with Gasteiger partial charge in [0.1, 0.15) is 18.2 Å². The van der Waals surface area contributed by atoms with E-state index in [0.717, 1.165) is 11.2 Å². The summed E-state index contributed by atoms with van der Waals surface area (Å²) in [6.07, 6.45) is 1.44. The van der Waals surface area contributed by atoms with Crippen LogP contribution < -0.4 is 9.64 Å². The van der Waals surface area contributed by atoms with E-state index in [1.165, 1.54) is 30.6 Å². The van der Waals surface area contributed by atoms with Crippen LogP contribution in [0, 0.1) is 12.7 Å². The first-order valence-corrected chi connectivity index (χ1v) is 8.57. The second-order valence-corrected chi connectivity index (χ2v) is 6.36. The number of methoxy groups -OCH3 is 1. The summed E-state index contributed by atoms with van der Waals surface area (Å²) in [6.45, 7) is 4.08. The molecular weight excluding hydrogens is 333 g/mol. The van der Waals surface area contributed by atoms with Gasteiger partial charge in [-0.15, -0.1) is 0 Å². The van der Waals surface area contributed by atoms with E-state index in [9.17, 15) is 4.39 Å². The van der Waals surface area contributed by atoms with E-state index < -0.39 is 5.82 Å². The van der Waals surface area contributed by atoms with Gasteiger partial charge in [0.2, 0.25) is 0 Å². The van der Waals surface area contributed by atoms with Gasteiger partial charge in [-0.2, -0.15) is 0 Å². The van der Waals surface area contributed by atoms with Gasteiger partial charge < -0.3 is 14.4 Å². The molecule has 5 nitrogen and oxygen atoms in total. The molecule has 0 aliphatic carbocycles. The highest BCUT2D eigenvalue weighted by atomic mass is 19.1. The second-order valence-electron chi connectivity index (χ2n) is 6.36. The molecule has 6 heteroatoms. The van der Waals surface area contributed by atoms with Crippen LogP contribution in [0.2, 0.25) is 0 Å². The average molecular weight is 353 g/mol. The zero-order valence-corrected chi connectivity index (χ0v) is 14.8. The molecule has 0 saturated carbocycles. The van der Waals surface area contributed by atoms with Gasteiger partial charge >= 0.3 is 0 Å². The number of aryl methyl sites for hydroxylation is 1. The fraction of sp³-hybridized carbons (Fsp3) is 0.300. The second kappa shape index (κ2) is 6.88. The molecule has 2 heterocycles. The average Bonchev–Trinajstić information content (AvgIpc) is 2.67. The van der Waals surface area contributed by atoms with Crippen molar-refractivity contribution in [1.82, 2.24) is 9.97 Å². The zero-order chi connectivity index (χ0) is 18.1. The molecule has 1 saturated heterocycles. The highest BCUT2D eigenvalue weighted by Gasteiger charge is 2.25. The SMILES string of the molecule is COc1cc2c(N3CCOC(c4ccccc4C)C3)ncnc2cc1F. The van der Waals surface area contributed by atoms with E-state index in [1.54, 1.807) is 6.07 Å². The molecule has 1 fully saturated rings. The molecule has 1 unspecified atom stereocenters. The number of aromatic nitrogens is 2. The normalized spacial score (nSPS) is 17.5. The van der Waals surface area contributed by atoms with Crippen molar-refractivity contribution in [2.24, 2.45) is 0 Å². The quantitative estimate of drug-likeness (QED) is 0.719. The van der Waals surface area contributed by atoms with Crippen molar-refractivity contribution < 1.29 is 13.9 Å². The Kier molecular flexibility index (Phi) is 4.42. The first-order chi connectivity index (χ1) is 12.7. The lowest BCUT2D eigenvalue weighted by Crippen LogP contribution is -2.39. The van der Waals surface area contributed by atoms with Crippen LogP contribution in [0.1, 0.15) is 17.2 Å². The molecule has 0 spiro atoms. The van der Waals surface area contributed by atoms with Crippen LogP contribution in [0.3, 0.4) is 0 Å². The fourth-order valence-electron chi connectivity index (χ4n) is 3.43. The Labute approximate surface area is 151 Å². The number of morpholine rings is 1. The number of ether oxygens (including phenoxy) is 2. The number of benzene rings is 2. The van der Waals surface area contributed by atoms with Gasteiger partial charge in [0.15, 0.2) is 11.6 Å². The van der Waals surface area contributed by atoms with Gasteiger partial charge in [0.25, 0.3) is 0 Å². The predicted molar refractivity (Wildman–Crippen MR) is 98.1 cm³/mol. The van der Waals surface area contributed by atoms with Gasteiger partial charge in [0, 0.05) is 24.5 Å². The minimum Gasteiger partial charge on any atom is -0.494 e. The van der Waals surface area contributed by atoms with E-state index in [1.807, 2.05) is 12.1 Å². The topological polar surface area (TPSA) is 47.5 Å². The molecule has 3 aromatic rings. The van der Waals surface area contributed by atoms with E-state index in [2.05, 4.69) is 33.9 Å².